The molecule has 0 aromatic heterocycles. The molecule has 0 spiro atoms. The van der Waals surface area contributed by atoms with E-state index in [2.05, 4.69) is 6.92 Å². The molecule has 9 atom stereocenters. The van der Waals surface area contributed by atoms with Crippen LogP contribution in [0.4, 0.5) is 0 Å². The monoisotopic (exact) mass is 382 g/mol. The van der Waals surface area contributed by atoms with Crippen LogP contribution >= 0.6 is 11.6 Å². The average molecular weight is 383 g/mol. The Balaban J connectivity index is 1.50. The predicted octanol–water partition coefficient (Wildman–Crippen LogP) is 2.92. The SMILES string of the molecule is C[C@]12CCC3C(C[C@@H]4OC[C@@]35CCC(O)C[C@]45Cl)C1CC[C@@H]2C(=O)CO. The zero-order valence-electron chi connectivity index (χ0n) is 15.6. The molecule has 5 fully saturated rings. The number of aliphatic hydroxyl groups excluding tert-OH is 2. The van der Waals surface area contributed by atoms with Crippen molar-refractivity contribution >= 4 is 17.4 Å². The van der Waals surface area contributed by atoms with Gasteiger partial charge in [-0.1, -0.05) is 6.92 Å². The van der Waals surface area contributed by atoms with E-state index in [0.29, 0.717) is 24.2 Å². The quantitative estimate of drug-likeness (QED) is 0.720. The highest BCUT2D eigenvalue weighted by molar-refractivity contribution is 6.25. The molecule has 26 heavy (non-hydrogen) atoms. The summed E-state index contributed by atoms with van der Waals surface area (Å²) in [5, 5.41) is 19.7. The van der Waals surface area contributed by atoms with Gasteiger partial charge in [0.15, 0.2) is 5.78 Å². The van der Waals surface area contributed by atoms with Gasteiger partial charge >= 0.3 is 0 Å². The van der Waals surface area contributed by atoms with Crippen molar-refractivity contribution < 1.29 is 19.7 Å². The molecule has 4 unspecified atom stereocenters. The smallest absolute Gasteiger partial charge is 0.161 e. The number of hydrogen-bond acceptors (Lipinski definition) is 4. The molecular weight excluding hydrogens is 352 g/mol. The van der Waals surface area contributed by atoms with E-state index in [1.54, 1.807) is 0 Å². The van der Waals surface area contributed by atoms with Gasteiger partial charge in [-0.25, -0.2) is 0 Å². The number of ketones is 1. The summed E-state index contributed by atoms with van der Waals surface area (Å²) in [5.74, 6) is 1.71. The lowest BCUT2D eigenvalue weighted by molar-refractivity contribution is -0.136. The fraction of sp³-hybridized carbons (Fsp3) is 0.952. The van der Waals surface area contributed by atoms with E-state index in [1.807, 2.05) is 0 Å². The van der Waals surface area contributed by atoms with Crippen LogP contribution in [0.25, 0.3) is 0 Å². The summed E-state index contributed by atoms with van der Waals surface area (Å²) in [6.45, 7) is 2.73. The Kier molecular flexibility index (Phi) is 3.91. The maximum atomic E-state index is 12.4. The molecule has 0 aromatic rings. The lowest BCUT2D eigenvalue weighted by atomic mass is 9.44. The Morgan fingerprint density at radius 3 is 2.77 bits per heavy atom. The maximum absolute atomic E-state index is 12.4. The van der Waals surface area contributed by atoms with Crippen LogP contribution in [0.5, 0.6) is 0 Å². The second-order valence-corrected chi connectivity index (χ2v) is 10.8. The highest BCUT2D eigenvalue weighted by Gasteiger charge is 2.72. The summed E-state index contributed by atoms with van der Waals surface area (Å²) in [4.78, 5) is 12.0. The van der Waals surface area contributed by atoms with Crippen molar-refractivity contribution in [3.05, 3.63) is 0 Å². The molecule has 1 aliphatic heterocycles. The highest BCUT2D eigenvalue weighted by atomic mass is 35.5. The fourth-order valence-electron chi connectivity index (χ4n) is 8.35. The minimum atomic E-state index is -0.404. The van der Waals surface area contributed by atoms with Gasteiger partial charge in [-0.05, 0) is 74.5 Å². The zero-order valence-corrected chi connectivity index (χ0v) is 16.4. The Hall–Kier alpha value is -0.160. The van der Waals surface area contributed by atoms with Crippen LogP contribution in [0.1, 0.15) is 58.3 Å². The molecule has 2 N–H and O–H groups in total. The third kappa shape index (κ3) is 2.00. The zero-order chi connectivity index (χ0) is 18.3. The van der Waals surface area contributed by atoms with Crippen molar-refractivity contribution in [1.82, 2.24) is 0 Å². The minimum Gasteiger partial charge on any atom is -0.393 e. The molecule has 0 amide bonds. The Bertz CT molecular complexity index is 625. The van der Waals surface area contributed by atoms with E-state index in [0.717, 1.165) is 51.6 Å². The van der Waals surface area contributed by atoms with Crippen molar-refractivity contribution in [3.63, 3.8) is 0 Å². The lowest BCUT2D eigenvalue weighted by Gasteiger charge is -2.62. The number of ether oxygens (including phenoxy) is 1. The fourth-order valence-corrected chi connectivity index (χ4v) is 8.97. The van der Waals surface area contributed by atoms with Crippen LogP contribution in [-0.2, 0) is 9.53 Å². The van der Waals surface area contributed by atoms with Crippen LogP contribution in [0.2, 0.25) is 0 Å². The number of carbonyl (C=O) groups is 1. The number of carbonyl (C=O) groups excluding carboxylic acids is 1. The number of fused-ring (bicyclic) bond motifs is 3. The van der Waals surface area contributed by atoms with Gasteiger partial charge in [-0.3, -0.25) is 4.79 Å². The number of aliphatic hydroxyl groups is 2. The Morgan fingerprint density at radius 2 is 2.00 bits per heavy atom. The molecule has 1 heterocycles. The third-order valence-electron chi connectivity index (χ3n) is 9.51. The first-order chi connectivity index (χ1) is 12.4. The largest absolute Gasteiger partial charge is 0.393 e. The Labute approximate surface area is 160 Å². The summed E-state index contributed by atoms with van der Waals surface area (Å²) in [6, 6.07) is 0. The first-order valence-electron chi connectivity index (χ1n) is 10.5. The molecule has 5 heteroatoms. The average Bonchev–Trinajstić information content (AvgIpc) is 3.03. The number of alkyl halides is 1. The van der Waals surface area contributed by atoms with E-state index < -0.39 is 4.87 Å². The highest BCUT2D eigenvalue weighted by Crippen LogP contribution is 2.72. The van der Waals surface area contributed by atoms with Crippen molar-refractivity contribution in [3.8, 4) is 0 Å². The molecule has 0 aromatic carbocycles. The summed E-state index contributed by atoms with van der Waals surface area (Å²) >= 11 is 7.25. The summed E-state index contributed by atoms with van der Waals surface area (Å²) in [6.07, 6.45) is 7.36. The van der Waals surface area contributed by atoms with E-state index in [4.69, 9.17) is 16.3 Å². The second kappa shape index (κ2) is 5.68. The van der Waals surface area contributed by atoms with E-state index in [-0.39, 0.29) is 41.3 Å². The van der Waals surface area contributed by atoms with Crippen molar-refractivity contribution in [2.75, 3.05) is 13.2 Å². The molecule has 4 aliphatic carbocycles. The topological polar surface area (TPSA) is 66.8 Å². The third-order valence-corrected chi connectivity index (χ3v) is 10.3. The number of hydrogen-bond donors (Lipinski definition) is 2. The first-order valence-corrected chi connectivity index (χ1v) is 10.9. The first kappa shape index (κ1) is 17.9. The summed E-state index contributed by atoms with van der Waals surface area (Å²) in [5.41, 5.74) is 0.0271. The van der Waals surface area contributed by atoms with Crippen LogP contribution in [0, 0.1) is 34.5 Å². The van der Waals surface area contributed by atoms with Crippen molar-refractivity contribution in [1.29, 1.82) is 0 Å². The molecule has 4 nitrogen and oxygen atoms in total. The molecule has 5 aliphatic rings. The van der Waals surface area contributed by atoms with Gasteiger partial charge < -0.3 is 14.9 Å². The van der Waals surface area contributed by atoms with E-state index in [9.17, 15) is 15.0 Å². The summed E-state index contributed by atoms with van der Waals surface area (Å²) in [7, 11) is 0. The van der Waals surface area contributed by atoms with Crippen LogP contribution in [0.15, 0.2) is 0 Å². The summed E-state index contributed by atoms with van der Waals surface area (Å²) < 4.78 is 6.28. The van der Waals surface area contributed by atoms with Gasteiger partial charge in [0.1, 0.15) is 6.61 Å². The van der Waals surface area contributed by atoms with Crippen LogP contribution < -0.4 is 0 Å². The van der Waals surface area contributed by atoms with E-state index >= 15 is 0 Å². The second-order valence-electron chi connectivity index (χ2n) is 10.1. The standard InChI is InChI=1S/C21H31ClO4/c1-19-6-5-15-13(14(19)2-3-16(19)17(25)10-23)8-18-21(22)9-12(24)4-7-20(15,21)11-26-18/h12-16,18,23-24H,2-11H2,1H3/t12?,13?,14?,15?,16-,18+,19+,20+,21+/m1/s1. The number of Topliss-reactive ketones (excluding diaryl/α,β-unsaturated/α-hetero) is 1. The minimum absolute atomic E-state index is 0.00176. The van der Waals surface area contributed by atoms with Crippen molar-refractivity contribution in [2.24, 2.45) is 34.5 Å². The van der Waals surface area contributed by atoms with Gasteiger partial charge in [-0.2, -0.15) is 0 Å². The van der Waals surface area contributed by atoms with Crippen LogP contribution in [-0.4, -0.2) is 46.3 Å². The normalized spacial score (nSPS) is 58.0. The molecule has 1 saturated heterocycles. The van der Waals surface area contributed by atoms with Gasteiger partial charge in [-0.15, -0.1) is 11.6 Å². The predicted molar refractivity (Wildman–Crippen MR) is 97.9 cm³/mol. The molecule has 5 rings (SSSR count). The van der Waals surface area contributed by atoms with Gasteiger partial charge in [0.2, 0.25) is 0 Å². The molecule has 2 bridgehead atoms. The molecule has 4 saturated carbocycles. The van der Waals surface area contributed by atoms with Crippen LogP contribution in [0.3, 0.4) is 0 Å². The maximum Gasteiger partial charge on any atom is 0.161 e. The van der Waals surface area contributed by atoms with Gasteiger partial charge in [0, 0.05) is 11.3 Å². The number of rotatable bonds is 2. The number of halogens is 1. The van der Waals surface area contributed by atoms with Gasteiger partial charge in [0.25, 0.3) is 0 Å². The molecular formula is C21H31ClO4. The van der Waals surface area contributed by atoms with Gasteiger partial charge in [0.05, 0.1) is 23.7 Å². The lowest BCUT2D eigenvalue weighted by Crippen LogP contribution is -2.63. The van der Waals surface area contributed by atoms with E-state index in [1.165, 1.54) is 0 Å². The molecule has 146 valence electrons. The Morgan fingerprint density at radius 1 is 1.19 bits per heavy atom. The molecule has 0 radical (unpaired) electrons. The van der Waals surface area contributed by atoms with Crippen molar-refractivity contribution in [2.45, 2.75) is 75.4 Å².